The zero-order chi connectivity index (χ0) is 23.1. The molecule has 178 valence electrons. The lowest BCUT2D eigenvalue weighted by atomic mass is 9.97. The molecule has 1 aromatic carbocycles. The van der Waals surface area contributed by atoms with Gasteiger partial charge in [-0.05, 0) is 44.7 Å². The molecule has 11 heteroatoms. The third-order valence-corrected chi connectivity index (χ3v) is 7.07. The van der Waals surface area contributed by atoms with Crippen LogP contribution in [0.15, 0.2) is 15.3 Å². The van der Waals surface area contributed by atoms with Crippen molar-refractivity contribution in [3.63, 3.8) is 0 Å². The smallest absolute Gasteiger partial charge is 0.437 e. The van der Waals surface area contributed by atoms with Crippen LogP contribution in [0.2, 0.25) is 5.02 Å². The van der Waals surface area contributed by atoms with E-state index in [1.165, 1.54) is 23.6 Å². The van der Waals surface area contributed by atoms with Gasteiger partial charge in [0.25, 0.3) is 5.89 Å². The number of halogens is 1. The molecule has 5 rings (SSSR count). The highest BCUT2D eigenvalue weighted by atomic mass is 35.5. The van der Waals surface area contributed by atoms with Crippen LogP contribution in [-0.2, 0) is 0 Å². The maximum absolute atomic E-state index is 12.8. The van der Waals surface area contributed by atoms with Crippen molar-refractivity contribution in [1.82, 2.24) is 14.7 Å². The third kappa shape index (κ3) is 4.06. The summed E-state index contributed by atoms with van der Waals surface area (Å²) in [6.45, 7) is 3.81. The van der Waals surface area contributed by atoms with E-state index in [2.05, 4.69) is 22.2 Å². The Morgan fingerprint density at radius 1 is 1.21 bits per heavy atom. The van der Waals surface area contributed by atoms with Crippen LogP contribution in [0.5, 0.6) is 11.5 Å². The highest BCUT2D eigenvalue weighted by Crippen LogP contribution is 2.48. The van der Waals surface area contributed by atoms with E-state index in [4.69, 9.17) is 30.6 Å². The number of piperidine rings is 1. The lowest BCUT2D eigenvalue weighted by Gasteiger charge is -2.38. The van der Waals surface area contributed by atoms with Gasteiger partial charge >= 0.3 is 11.8 Å². The molecule has 2 atom stereocenters. The second kappa shape index (κ2) is 8.90. The van der Waals surface area contributed by atoms with E-state index in [-0.39, 0.29) is 47.4 Å². The molecule has 3 aliphatic heterocycles. The van der Waals surface area contributed by atoms with Crippen molar-refractivity contribution in [3.05, 3.63) is 21.6 Å². The van der Waals surface area contributed by atoms with Crippen LogP contribution in [0.1, 0.15) is 51.5 Å². The summed E-state index contributed by atoms with van der Waals surface area (Å²) >= 11 is 6.34. The number of carboxylic acid groups (broad SMARTS) is 1. The van der Waals surface area contributed by atoms with Crippen LogP contribution in [0.3, 0.4) is 0 Å². The number of ether oxygens (including phenoxy) is 2. The van der Waals surface area contributed by atoms with E-state index in [0.717, 1.165) is 32.2 Å². The van der Waals surface area contributed by atoms with Crippen molar-refractivity contribution in [2.45, 2.75) is 63.6 Å². The second-order valence-corrected chi connectivity index (χ2v) is 9.19. The quantitative estimate of drug-likeness (QED) is 0.639. The van der Waals surface area contributed by atoms with E-state index in [1.807, 2.05) is 0 Å². The number of amides is 1. The van der Waals surface area contributed by atoms with Crippen molar-refractivity contribution in [2.75, 3.05) is 25.1 Å². The van der Waals surface area contributed by atoms with Crippen molar-refractivity contribution >= 4 is 23.4 Å². The fraction of sp³-hybridized carbons (Fsp3) is 0.591. The summed E-state index contributed by atoms with van der Waals surface area (Å²) in [6, 6.07) is 2.38. The predicted octanol–water partition coefficient (Wildman–Crippen LogP) is 3.99. The Labute approximate surface area is 195 Å². The first-order valence-electron chi connectivity index (χ1n) is 11.4. The lowest BCUT2D eigenvalue weighted by Crippen LogP contribution is -2.45. The molecule has 0 saturated carbocycles. The van der Waals surface area contributed by atoms with Gasteiger partial charge < -0.3 is 19.0 Å². The largest absolute Gasteiger partial charge is 0.485 e. The average Bonchev–Trinajstić information content (AvgIpc) is 3.29. The molecule has 0 spiro atoms. The number of nitrogens with zero attached hydrogens (tertiary/aromatic N) is 3. The van der Waals surface area contributed by atoms with Gasteiger partial charge in [-0.1, -0.05) is 24.9 Å². The summed E-state index contributed by atoms with van der Waals surface area (Å²) in [5, 5.41) is 16.0. The molecule has 10 nitrogen and oxygen atoms in total. The van der Waals surface area contributed by atoms with Crippen molar-refractivity contribution in [3.8, 4) is 23.0 Å². The van der Waals surface area contributed by atoms with Crippen LogP contribution in [-0.4, -0.2) is 57.7 Å². The first-order valence-corrected chi connectivity index (χ1v) is 11.8. The molecule has 2 aromatic rings. The fourth-order valence-electron chi connectivity index (χ4n) is 5.34. The van der Waals surface area contributed by atoms with Gasteiger partial charge in [0.1, 0.15) is 18.9 Å². The predicted molar refractivity (Wildman–Crippen MR) is 121 cm³/mol. The molecule has 0 radical (unpaired) electrons. The molecule has 2 unspecified atom stereocenters. The van der Waals surface area contributed by atoms with Crippen LogP contribution < -0.4 is 20.5 Å². The number of fused-ring (bicyclic) bond motifs is 3. The number of nitrogens with one attached hydrogen (secondary N) is 1. The average molecular weight is 479 g/mol. The van der Waals surface area contributed by atoms with Gasteiger partial charge in [0.15, 0.2) is 11.5 Å². The van der Waals surface area contributed by atoms with Crippen molar-refractivity contribution in [2.24, 2.45) is 0 Å². The minimum atomic E-state index is -1.28. The molecule has 0 aliphatic carbocycles. The van der Waals surface area contributed by atoms with Gasteiger partial charge in [-0.2, -0.15) is 4.68 Å². The van der Waals surface area contributed by atoms with E-state index in [9.17, 15) is 9.59 Å². The Balaban J connectivity index is 1.46. The second-order valence-electron chi connectivity index (χ2n) is 8.79. The number of hydrogen-bond acceptors (Lipinski definition) is 7. The van der Waals surface area contributed by atoms with E-state index in [0.29, 0.717) is 17.6 Å². The van der Waals surface area contributed by atoms with Crippen LogP contribution in [0, 0.1) is 0 Å². The molecule has 2 N–H and O–H groups in total. The monoisotopic (exact) mass is 478 g/mol. The van der Waals surface area contributed by atoms with Gasteiger partial charge in [0.05, 0.1) is 16.6 Å². The number of aromatic nitrogens is 2. The Bertz CT molecular complexity index is 1100. The number of carbonyl (C=O) groups is 1. The molecule has 2 fully saturated rings. The summed E-state index contributed by atoms with van der Waals surface area (Å²) in [7, 11) is 0. The number of unbranched alkanes of at least 4 members (excludes halogenated alkanes) is 1. The molecule has 1 amide bonds. The Hall–Kier alpha value is -2.72. The Morgan fingerprint density at radius 2 is 1.91 bits per heavy atom. The first kappa shape index (κ1) is 22.1. The highest BCUT2D eigenvalue weighted by Gasteiger charge is 2.42. The minimum Gasteiger partial charge on any atom is -0.485 e. The van der Waals surface area contributed by atoms with Crippen LogP contribution >= 0.6 is 11.6 Å². The minimum absolute atomic E-state index is 0.0261. The van der Waals surface area contributed by atoms with Gasteiger partial charge in [-0.25, -0.2) is 9.59 Å². The van der Waals surface area contributed by atoms with Gasteiger partial charge in [0, 0.05) is 12.1 Å². The van der Waals surface area contributed by atoms with Crippen molar-refractivity contribution < 1.29 is 23.8 Å². The normalized spacial score (nSPS) is 24.1. The summed E-state index contributed by atoms with van der Waals surface area (Å²) in [5.74, 6) is -0.0417. The number of rotatable bonds is 6. The molecular weight excluding hydrogens is 452 g/mol. The summed E-state index contributed by atoms with van der Waals surface area (Å²) < 4.78 is 18.4. The van der Waals surface area contributed by atoms with Crippen LogP contribution in [0.25, 0.3) is 11.5 Å². The fourth-order valence-corrected chi connectivity index (χ4v) is 5.58. The van der Waals surface area contributed by atoms with Gasteiger partial charge in [-0.15, -0.1) is 5.10 Å². The Morgan fingerprint density at radius 3 is 2.58 bits per heavy atom. The zero-order valence-electron chi connectivity index (χ0n) is 18.4. The zero-order valence-corrected chi connectivity index (χ0v) is 19.1. The molecule has 4 heterocycles. The molecule has 2 saturated heterocycles. The summed E-state index contributed by atoms with van der Waals surface area (Å²) in [5.41, 5.74) is 0.435. The topological polar surface area (TPSA) is 119 Å². The van der Waals surface area contributed by atoms with E-state index in [1.54, 1.807) is 0 Å². The summed E-state index contributed by atoms with van der Waals surface area (Å²) in [4.78, 5) is 26.6. The molecular formula is C22H27ClN4O6. The highest BCUT2D eigenvalue weighted by molar-refractivity contribution is 6.34. The molecule has 2 bridgehead atoms. The van der Waals surface area contributed by atoms with Gasteiger partial charge in [0.2, 0.25) is 0 Å². The SMILES string of the molecule is CCCCN1C2CCC1CC(n1nc(-c3cc(Cl)c(NC(=O)O)c4c3OCCO4)oc1=O)C2. The van der Waals surface area contributed by atoms with Crippen molar-refractivity contribution in [1.29, 1.82) is 0 Å². The van der Waals surface area contributed by atoms with Crippen LogP contribution in [0.4, 0.5) is 10.5 Å². The summed E-state index contributed by atoms with van der Waals surface area (Å²) in [6.07, 6.45) is 5.11. The maximum Gasteiger partial charge on any atom is 0.437 e. The third-order valence-electron chi connectivity index (χ3n) is 6.77. The van der Waals surface area contributed by atoms with Gasteiger partial charge in [-0.3, -0.25) is 10.2 Å². The molecule has 33 heavy (non-hydrogen) atoms. The number of hydrogen-bond donors (Lipinski definition) is 2. The molecule has 3 aliphatic rings. The lowest BCUT2D eigenvalue weighted by molar-refractivity contribution is 0.0985. The van der Waals surface area contributed by atoms with E-state index < -0.39 is 11.8 Å². The Kier molecular flexibility index (Phi) is 5.96. The number of benzene rings is 1. The maximum atomic E-state index is 12.8. The standard InChI is InChI=1S/C22H27ClN4O6/c1-2-3-6-26-12-4-5-13(26)10-14(9-12)27-22(30)33-20(25-27)15-11-16(23)17(24-21(28)29)19-18(15)31-7-8-32-19/h11-14,24H,2-10H2,1H3,(H,28,29). The number of anilines is 1. The molecule has 1 aromatic heterocycles. The van der Waals surface area contributed by atoms with E-state index >= 15 is 0 Å². The first-order chi connectivity index (χ1) is 16.0.